The SMILES string of the molecule is NS(=O)(=O)c1cccc(-c2ccn3c(-c4cccc(NC(=O)NCC(F)(F)F)c4)cnc3c2)c1. The van der Waals surface area contributed by atoms with Gasteiger partial charge in [-0.15, -0.1) is 0 Å². The number of halogens is 3. The second-order valence-corrected chi connectivity index (χ2v) is 8.92. The minimum Gasteiger partial charge on any atom is -0.329 e. The first-order valence-corrected chi connectivity index (χ1v) is 11.4. The number of urea groups is 1. The Kier molecular flexibility index (Phi) is 6.02. The van der Waals surface area contributed by atoms with Crippen molar-refractivity contribution in [2.24, 2.45) is 5.14 Å². The van der Waals surface area contributed by atoms with Crippen molar-refractivity contribution in [2.45, 2.75) is 11.1 Å². The van der Waals surface area contributed by atoms with E-state index in [1.165, 1.54) is 12.1 Å². The highest BCUT2D eigenvalue weighted by atomic mass is 32.2. The lowest BCUT2D eigenvalue weighted by atomic mass is 10.1. The number of nitrogens with two attached hydrogens (primary N) is 1. The van der Waals surface area contributed by atoms with E-state index in [0.717, 1.165) is 5.56 Å². The Morgan fingerprint density at radius 2 is 1.71 bits per heavy atom. The summed E-state index contributed by atoms with van der Waals surface area (Å²) >= 11 is 0. The molecule has 4 aromatic rings. The molecule has 8 nitrogen and oxygen atoms in total. The molecule has 0 aliphatic heterocycles. The van der Waals surface area contributed by atoms with Crippen LogP contribution in [0.3, 0.4) is 0 Å². The van der Waals surface area contributed by atoms with Gasteiger partial charge in [0.25, 0.3) is 0 Å². The number of sulfonamides is 1. The van der Waals surface area contributed by atoms with Gasteiger partial charge < -0.3 is 10.6 Å². The molecular formula is C22H18F3N5O3S. The molecule has 176 valence electrons. The lowest BCUT2D eigenvalue weighted by molar-refractivity contribution is -0.122. The van der Waals surface area contributed by atoms with Crippen molar-refractivity contribution in [1.29, 1.82) is 0 Å². The molecule has 4 N–H and O–H groups in total. The van der Waals surface area contributed by atoms with Gasteiger partial charge in [0.1, 0.15) is 12.2 Å². The number of benzene rings is 2. The van der Waals surface area contributed by atoms with Crippen LogP contribution in [0.2, 0.25) is 0 Å². The van der Waals surface area contributed by atoms with Crippen LogP contribution in [0.1, 0.15) is 0 Å². The van der Waals surface area contributed by atoms with E-state index in [0.29, 0.717) is 28.2 Å². The van der Waals surface area contributed by atoms with Gasteiger partial charge in [-0.25, -0.2) is 23.3 Å². The second kappa shape index (κ2) is 8.80. The lowest BCUT2D eigenvalue weighted by Gasteiger charge is -2.11. The summed E-state index contributed by atoms with van der Waals surface area (Å²) in [6.07, 6.45) is -1.13. The van der Waals surface area contributed by atoms with Crippen molar-refractivity contribution in [3.8, 4) is 22.4 Å². The fourth-order valence-corrected chi connectivity index (χ4v) is 3.90. The van der Waals surface area contributed by atoms with Crippen molar-refractivity contribution >= 4 is 27.4 Å². The van der Waals surface area contributed by atoms with E-state index < -0.39 is 28.8 Å². The van der Waals surface area contributed by atoms with E-state index in [-0.39, 0.29) is 4.90 Å². The first kappa shape index (κ1) is 23.3. The van der Waals surface area contributed by atoms with Crippen LogP contribution in [-0.4, -0.2) is 36.6 Å². The predicted molar refractivity (Wildman–Crippen MR) is 121 cm³/mol. The fourth-order valence-electron chi connectivity index (χ4n) is 3.34. The Labute approximate surface area is 192 Å². The summed E-state index contributed by atoms with van der Waals surface area (Å²) in [4.78, 5) is 16.1. The topological polar surface area (TPSA) is 119 Å². The van der Waals surface area contributed by atoms with Gasteiger partial charge in [0.15, 0.2) is 0 Å². The number of pyridine rings is 1. The van der Waals surface area contributed by atoms with E-state index in [1.54, 1.807) is 70.6 Å². The Hall–Kier alpha value is -3.90. The number of nitrogens with zero attached hydrogens (tertiary/aromatic N) is 2. The zero-order valence-electron chi connectivity index (χ0n) is 17.4. The number of hydrogen-bond donors (Lipinski definition) is 3. The van der Waals surface area contributed by atoms with Gasteiger partial charge in [-0.1, -0.05) is 24.3 Å². The molecular weight excluding hydrogens is 471 g/mol. The van der Waals surface area contributed by atoms with Crippen LogP contribution in [0.25, 0.3) is 28.0 Å². The molecule has 0 aliphatic carbocycles. The Morgan fingerprint density at radius 3 is 2.44 bits per heavy atom. The van der Waals surface area contributed by atoms with E-state index in [1.807, 2.05) is 0 Å². The van der Waals surface area contributed by atoms with Gasteiger partial charge in [0.05, 0.1) is 16.8 Å². The average Bonchev–Trinajstić information content (AvgIpc) is 3.20. The first-order chi connectivity index (χ1) is 16.0. The van der Waals surface area contributed by atoms with Crippen molar-refractivity contribution in [1.82, 2.24) is 14.7 Å². The van der Waals surface area contributed by atoms with E-state index >= 15 is 0 Å². The molecule has 0 atom stereocenters. The van der Waals surface area contributed by atoms with Crippen molar-refractivity contribution in [3.63, 3.8) is 0 Å². The summed E-state index contributed by atoms with van der Waals surface area (Å²) in [6, 6.07) is 15.4. The van der Waals surface area contributed by atoms with Gasteiger partial charge in [-0.05, 0) is 47.5 Å². The molecule has 0 radical (unpaired) electrons. The van der Waals surface area contributed by atoms with Crippen LogP contribution in [-0.2, 0) is 10.0 Å². The molecule has 0 aliphatic rings. The van der Waals surface area contributed by atoms with E-state index in [2.05, 4.69) is 10.3 Å². The van der Waals surface area contributed by atoms with Gasteiger partial charge in [0, 0.05) is 17.4 Å². The summed E-state index contributed by atoms with van der Waals surface area (Å²) in [5.74, 6) is 0. The van der Waals surface area contributed by atoms with Crippen LogP contribution in [0, 0.1) is 0 Å². The summed E-state index contributed by atoms with van der Waals surface area (Å²) in [5, 5.41) is 9.34. The molecule has 34 heavy (non-hydrogen) atoms. The largest absolute Gasteiger partial charge is 0.405 e. The standard InChI is InChI=1S/C22H18F3N5O3S/c23-22(24,25)13-28-21(31)29-17-5-1-4-16(9-17)19-12-27-20-11-15(7-8-30(19)20)14-3-2-6-18(10-14)34(26,32)33/h1-12H,13H2,(H2,26,32,33)(H2,28,29,31). The number of rotatable bonds is 5. The molecule has 2 aromatic heterocycles. The van der Waals surface area contributed by atoms with Gasteiger partial charge >= 0.3 is 12.2 Å². The number of aromatic nitrogens is 2. The zero-order valence-corrected chi connectivity index (χ0v) is 18.2. The van der Waals surface area contributed by atoms with Crippen LogP contribution in [0.5, 0.6) is 0 Å². The highest BCUT2D eigenvalue weighted by Gasteiger charge is 2.27. The third kappa shape index (κ3) is 5.35. The van der Waals surface area contributed by atoms with Crippen molar-refractivity contribution in [2.75, 3.05) is 11.9 Å². The number of hydrogen-bond acceptors (Lipinski definition) is 4. The molecule has 0 fully saturated rings. The number of nitrogens with one attached hydrogen (secondary N) is 2. The van der Waals surface area contributed by atoms with Gasteiger partial charge in [-0.3, -0.25) is 4.40 Å². The predicted octanol–water partition coefficient (Wildman–Crippen LogP) is 4.00. The Morgan fingerprint density at radius 1 is 1.00 bits per heavy atom. The smallest absolute Gasteiger partial charge is 0.329 e. The highest BCUT2D eigenvalue weighted by Crippen LogP contribution is 2.27. The van der Waals surface area contributed by atoms with E-state index in [4.69, 9.17) is 5.14 Å². The fraction of sp³-hybridized carbons (Fsp3) is 0.0909. The van der Waals surface area contributed by atoms with Crippen LogP contribution in [0.4, 0.5) is 23.7 Å². The molecule has 2 aromatic carbocycles. The molecule has 0 saturated heterocycles. The third-order valence-electron chi connectivity index (χ3n) is 4.87. The normalized spacial score (nSPS) is 12.0. The number of carbonyl (C=O) groups is 1. The molecule has 0 bridgehead atoms. The number of alkyl halides is 3. The summed E-state index contributed by atoms with van der Waals surface area (Å²) in [6.45, 7) is -1.44. The molecule has 0 unspecified atom stereocenters. The number of imidazole rings is 1. The molecule has 0 spiro atoms. The summed E-state index contributed by atoms with van der Waals surface area (Å²) in [5.41, 5.74) is 3.61. The number of carbonyl (C=O) groups excluding carboxylic acids is 1. The second-order valence-electron chi connectivity index (χ2n) is 7.36. The monoisotopic (exact) mass is 489 g/mol. The Balaban J connectivity index is 1.60. The molecule has 2 amide bonds. The molecule has 12 heteroatoms. The Bertz CT molecular complexity index is 1480. The summed E-state index contributed by atoms with van der Waals surface area (Å²) < 4.78 is 61.9. The first-order valence-electron chi connectivity index (χ1n) is 9.82. The number of primary sulfonamides is 1. The number of anilines is 1. The maximum Gasteiger partial charge on any atom is 0.405 e. The molecule has 2 heterocycles. The minimum absolute atomic E-state index is 0.00232. The van der Waals surface area contributed by atoms with Crippen molar-refractivity contribution < 1.29 is 26.4 Å². The van der Waals surface area contributed by atoms with Gasteiger partial charge in [0.2, 0.25) is 10.0 Å². The lowest BCUT2D eigenvalue weighted by Crippen LogP contribution is -2.36. The molecule has 4 rings (SSSR count). The average molecular weight is 489 g/mol. The van der Waals surface area contributed by atoms with Crippen molar-refractivity contribution in [3.05, 3.63) is 73.1 Å². The molecule has 0 saturated carbocycles. The van der Waals surface area contributed by atoms with Gasteiger partial charge in [-0.2, -0.15) is 13.2 Å². The van der Waals surface area contributed by atoms with Crippen LogP contribution >= 0.6 is 0 Å². The summed E-state index contributed by atoms with van der Waals surface area (Å²) in [7, 11) is -3.84. The quantitative estimate of drug-likeness (QED) is 0.393. The van der Waals surface area contributed by atoms with E-state index in [9.17, 15) is 26.4 Å². The maximum atomic E-state index is 12.3. The highest BCUT2D eigenvalue weighted by molar-refractivity contribution is 7.89. The minimum atomic E-state index is -4.51. The van der Waals surface area contributed by atoms with Crippen LogP contribution < -0.4 is 15.8 Å². The number of amides is 2. The number of fused-ring (bicyclic) bond motifs is 1. The maximum absolute atomic E-state index is 12.3. The third-order valence-corrected chi connectivity index (χ3v) is 5.79. The zero-order chi connectivity index (χ0) is 24.5. The van der Waals surface area contributed by atoms with Crippen LogP contribution in [0.15, 0.2) is 78.0 Å².